The van der Waals surface area contributed by atoms with Gasteiger partial charge in [0.2, 0.25) is 0 Å². The topological polar surface area (TPSA) is 74.6 Å². The molecule has 0 fully saturated rings. The van der Waals surface area contributed by atoms with Crippen LogP contribution in [0.25, 0.3) is 0 Å². The molecule has 0 spiro atoms. The van der Waals surface area contributed by atoms with E-state index in [1.165, 1.54) is 22.3 Å². The average Bonchev–Trinajstić information content (AvgIpc) is 2.49. The van der Waals surface area contributed by atoms with Gasteiger partial charge in [0, 0.05) is 0 Å². The Labute approximate surface area is 155 Å². The fraction of sp³-hybridized carbons (Fsp3) is 0.364. The van der Waals surface area contributed by atoms with Gasteiger partial charge in [-0.15, -0.1) is 0 Å². The Morgan fingerprint density at radius 3 is 1.77 bits per heavy atom. The van der Waals surface area contributed by atoms with Gasteiger partial charge < -0.3 is 10.2 Å². The molecule has 2 aromatic rings. The van der Waals surface area contributed by atoms with Crippen molar-refractivity contribution in [2.75, 3.05) is 0 Å². The molecule has 4 heteroatoms. The van der Waals surface area contributed by atoms with Gasteiger partial charge >= 0.3 is 11.9 Å². The normalized spacial score (nSPS) is 10.1. The van der Waals surface area contributed by atoms with Crippen LogP contribution < -0.4 is 0 Å². The van der Waals surface area contributed by atoms with Crippen LogP contribution in [0.4, 0.5) is 0 Å². The number of aryl methyl sites for hydroxylation is 5. The first-order valence-electron chi connectivity index (χ1n) is 8.68. The third-order valence-electron chi connectivity index (χ3n) is 4.42. The zero-order chi connectivity index (χ0) is 20.0. The summed E-state index contributed by atoms with van der Waals surface area (Å²) in [6.07, 6.45) is 0.887. The summed E-state index contributed by atoms with van der Waals surface area (Å²) in [5.41, 5.74) is 7.66. The zero-order valence-corrected chi connectivity index (χ0v) is 16.4. The van der Waals surface area contributed by atoms with Gasteiger partial charge in [0.05, 0.1) is 12.0 Å². The molecule has 2 aromatic carbocycles. The average molecular weight is 356 g/mol. The van der Waals surface area contributed by atoms with Gasteiger partial charge in [0.1, 0.15) is 0 Å². The molecule has 0 aromatic heterocycles. The Morgan fingerprint density at radius 1 is 0.808 bits per heavy atom. The molecule has 0 radical (unpaired) electrons. The maximum Gasteiger partial charge on any atom is 0.336 e. The van der Waals surface area contributed by atoms with Crippen LogP contribution in [0.3, 0.4) is 0 Å². The van der Waals surface area contributed by atoms with Crippen molar-refractivity contribution in [2.24, 2.45) is 0 Å². The maximum absolute atomic E-state index is 10.9. The summed E-state index contributed by atoms with van der Waals surface area (Å²) in [5, 5.41) is 17.6. The largest absolute Gasteiger partial charge is 0.481 e. The van der Waals surface area contributed by atoms with Gasteiger partial charge in [0.15, 0.2) is 0 Å². The van der Waals surface area contributed by atoms with Crippen LogP contribution in [0, 0.1) is 34.6 Å². The quantitative estimate of drug-likeness (QED) is 0.825. The van der Waals surface area contributed by atoms with E-state index in [-0.39, 0.29) is 12.0 Å². The molecular weight excluding hydrogens is 328 g/mol. The third kappa shape index (κ3) is 5.73. The third-order valence-corrected chi connectivity index (χ3v) is 4.42. The minimum atomic E-state index is -1.08. The Kier molecular flexibility index (Phi) is 7.56. The van der Waals surface area contributed by atoms with Crippen LogP contribution in [-0.4, -0.2) is 22.2 Å². The Bertz CT molecular complexity index is 819. The molecule has 0 bridgehead atoms. The number of benzene rings is 2. The fourth-order valence-corrected chi connectivity index (χ4v) is 3.16. The summed E-state index contributed by atoms with van der Waals surface area (Å²) >= 11 is 0. The van der Waals surface area contributed by atoms with Crippen molar-refractivity contribution in [3.05, 3.63) is 68.8 Å². The molecular formula is C22H28O4. The molecule has 0 aliphatic carbocycles. The van der Waals surface area contributed by atoms with Crippen LogP contribution in [0.2, 0.25) is 0 Å². The van der Waals surface area contributed by atoms with Gasteiger partial charge in [0.25, 0.3) is 0 Å². The number of carbonyl (C=O) groups is 2. The van der Waals surface area contributed by atoms with Crippen molar-refractivity contribution < 1.29 is 19.8 Å². The van der Waals surface area contributed by atoms with Gasteiger partial charge in [-0.05, 0) is 68.9 Å². The molecule has 0 saturated heterocycles. The summed E-state index contributed by atoms with van der Waals surface area (Å²) < 4.78 is 0. The number of rotatable bonds is 4. The number of carboxylic acid groups (broad SMARTS) is 2. The highest BCUT2D eigenvalue weighted by Gasteiger charge is 2.15. The standard InChI is InChI=1S/C11H12O4.C11H16/c1-6-3-7(2)10(11(14)15)8(4-6)5-9(12)13;1-5-11-7-8(2)6-9(3)10(11)4/h3-4H,5H2,1-2H3,(H,12,13)(H,14,15);6-7H,5H2,1-4H3. The lowest BCUT2D eigenvalue weighted by molar-refractivity contribution is -0.136. The van der Waals surface area contributed by atoms with E-state index in [0.29, 0.717) is 11.1 Å². The van der Waals surface area contributed by atoms with E-state index < -0.39 is 11.9 Å². The lowest BCUT2D eigenvalue weighted by Gasteiger charge is -2.08. The number of hydrogen-bond acceptors (Lipinski definition) is 2. The first kappa shape index (κ1) is 21.4. The van der Waals surface area contributed by atoms with Crippen LogP contribution in [0.15, 0.2) is 24.3 Å². The van der Waals surface area contributed by atoms with Crippen molar-refractivity contribution >= 4 is 11.9 Å². The molecule has 0 unspecified atom stereocenters. The lowest BCUT2D eigenvalue weighted by atomic mass is 9.97. The van der Waals surface area contributed by atoms with Crippen LogP contribution in [-0.2, 0) is 17.6 Å². The van der Waals surface area contributed by atoms with Crippen molar-refractivity contribution in [1.82, 2.24) is 0 Å². The number of carboxylic acids is 2. The number of aromatic carboxylic acids is 1. The summed E-state index contributed by atoms with van der Waals surface area (Å²) in [6.45, 7) is 12.2. The van der Waals surface area contributed by atoms with Crippen LogP contribution in [0.5, 0.6) is 0 Å². The zero-order valence-electron chi connectivity index (χ0n) is 16.4. The molecule has 0 amide bonds. The van der Waals surface area contributed by atoms with Crippen LogP contribution in [0.1, 0.15) is 56.2 Å². The highest BCUT2D eigenvalue weighted by molar-refractivity contribution is 5.92. The molecule has 26 heavy (non-hydrogen) atoms. The fourth-order valence-electron chi connectivity index (χ4n) is 3.16. The van der Waals surface area contributed by atoms with E-state index in [9.17, 15) is 9.59 Å². The molecule has 0 atom stereocenters. The van der Waals surface area contributed by atoms with Gasteiger partial charge in [-0.25, -0.2) is 4.79 Å². The summed E-state index contributed by atoms with van der Waals surface area (Å²) in [7, 11) is 0. The van der Waals surface area contributed by atoms with Crippen molar-refractivity contribution in [2.45, 2.75) is 54.4 Å². The highest BCUT2D eigenvalue weighted by atomic mass is 16.4. The Hall–Kier alpha value is -2.62. The van der Waals surface area contributed by atoms with E-state index in [2.05, 4.69) is 39.8 Å². The number of aliphatic carboxylic acids is 1. The molecule has 2 rings (SSSR count). The summed E-state index contributed by atoms with van der Waals surface area (Å²) in [4.78, 5) is 21.5. The van der Waals surface area contributed by atoms with E-state index in [4.69, 9.17) is 10.2 Å². The molecule has 140 valence electrons. The maximum atomic E-state index is 10.9. The second-order valence-electron chi connectivity index (χ2n) is 6.71. The summed E-state index contributed by atoms with van der Waals surface area (Å²) in [6, 6.07) is 7.86. The first-order chi connectivity index (χ1) is 12.1. The lowest BCUT2D eigenvalue weighted by Crippen LogP contribution is -2.10. The molecule has 2 N–H and O–H groups in total. The number of hydrogen-bond donors (Lipinski definition) is 2. The van der Waals surface area contributed by atoms with Crippen molar-refractivity contribution in [3.8, 4) is 0 Å². The van der Waals surface area contributed by atoms with E-state index in [1.807, 2.05) is 6.92 Å². The molecule has 0 aliphatic rings. The first-order valence-corrected chi connectivity index (χ1v) is 8.68. The second kappa shape index (κ2) is 9.18. The van der Waals surface area contributed by atoms with Gasteiger partial charge in [-0.3, -0.25) is 4.79 Å². The van der Waals surface area contributed by atoms with Crippen molar-refractivity contribution in [3.63, 3.8) is 0 Å². The molecule has 0 heterocycles. The molecule has 0 aliphatic heterocycles. The van der Waals surface area contributed by atoms with Crippen molar-refractivity contribution in [1.29, 1.82) is 0 Å². The monoisotopic (exact) mass is 356 g/mol. The molecule has 0 saturated carbocycles. The van der Waals surface area contributed by atoms with Gasteiger partial charge in [-0.1, -0.05) is 42.3 Å². The minimum absolute atomic E-state index is 0.100. The minimum Gasteiger partial charge on any atom is -0.481 e. The van der Waals surface area contributed by atoms with E-state index in [0.717, 1.165) is 12.0 Å². The smallest absolute Gasteiger partial charge is 0.336 e. The predicted molar refractivity (Wildman–Crippen MR) is 104 cm³/mol. The van der Waals surface area contributed by atoms with Gasteiger partial charge in [-0.2, -0.15) is 0 Å². The van der Waals surface area contributed by atoms with E-state index >= 15 is 0 Å². The predicted octanol–water partition coefficient (Wildman–Crippen LogP) is 4.80. The second-order valence-corrected chi connectivity index (χ2v) is 6.71. The SMILES string of the molecule is CCc1cc(C)cc(C)c1C.Cc1cc(C)c(C(=O)O)c(CC(=O)O)c1. The highest BCUT2D eigenvalue weighted by Crippen LogP contribution is 2.18. The van der Waals surface area contributed by atoms with E-state index in [1.54, 1.807) is 19.1 Å². The van der Waals surface area contributed by atoms with Crippen LogP contribution >= 0.6 is 0 Å². The Balaban J connectivity index is 0.000000273. The molecule has 4 nitrogen and oxygen atoms in total. The summed E-state index contributed by atoms with van der Waals surface area (Å²) in [5.74, 6) is -2.11. The Morgan fingerprint density at radius 2 is 1.31 bits per heavy atom.